The Balaban J connectivity index is 2.59. The van der Waals surface area contributed by atoms with E-state index in [0.29, 0.717) is 17.2 Å². The molecule has 0 aromatic heterocycles. The van der Waals surface area contributed by atoms with Gasteiger partial charge >= 0.3 is 0 Å². The van der Waals surface area contributed by atoms with E-state index in [2.05, 4.69) is 10.5 Å². The van der Waals surface area contributed by atoms with Gasteiger partial charge in [0.25, 0.3) is 5.91 Å². The van der Waals surface area contributed by atoms with E-state index in [1.165, 1.54) is 0 Å². The highest BCUT2D eigenvalue weighted by atomic mass is 35.5. The highest BCUT2D eigenvalue weighted by molar-refractivity contribution is 6.30. The molecule has 0 fully saturated rings. The van der Waals surface area contributed by atoms with E-state index in [1.54, 1.807) is 31.2 Å². The van der Waals surface area contributed by atoms with E-state index in [4.69, 9.17) is 27.3 Å². The molecule has 1 amide bonds. The van der Waals surface area contributed by atoms with Crippen LogP contribution in [-0.2, 0) is 4.79 Å². The van der Waals surface area contributed by atoms with Crippen LogP contribution in [0.5, 0.6) is 5.75 Å². The lowest BCUT2D eigenvalue weighted by atomic mass is 9.97. The maximum atomic E-state index is 11.8. The van der Waals surface area contributed by atoms with E-state index in [1.807, 2.05) is 6.92 Å². The van der Waals surface area contributed by atoms with Gasteiger partial charge < -0.3 is 21.0 Å². The Hall–Kier alpha value is -1.95. The minimum Gasteiger partial charge on any atom is -0.484 e. The Morgan fingerprint density at radius 2 is 2.30 bits per heavy atom. The summed E-state index contributed by atoms with van der Waals surface area (Å²) in [5.41, 5.74) is 4.65. The first-order chi connectivity index (χ1) is 9.41. The van der Waals surface area contributed by atoms with Gasteiger partial charge in [-0.2, -0.15) is 0 Å². The molecule has 0 saturated heterocycles. The second-order valence-electron chi connectivity index (χ2n) is 4.47. The SMILES string of the molecule is CCC(C)(NC(=O)COc1cccc(Cl)c1)C(N)=NO. The van der Waals surface area contributed by atoms with Crippen molar-refractivity contribution in [3.63, 3.8) is 0 Å². The van der Waals surface area contributed by atoms with Crippen LogP contribution in [0.2, 0.25) is 5.02 Å². The zero-order valence-electron chi connectivity index (χ0n) is 11.4. The van der Waals surface area contributed by atoms with Gasteiger partial charge in [-0.15, -0.1) is 0 Å². The van der Waals surface area contributed by atoms with E-state index >= 15 is 0 Å². The molecule has 20 heavy (non-hydrogen) atoms. The topological polar surface area (TPSA) is 96.9 Å². The first kappa shape index (κ1) is 16.1. The number of oxime groups is 1. The van der Waals surface area contributed by atoms with Gasteiger partial charge in [0.1, 0.15) is 5.75 Å². The molecule has 0 heterocycles. The number of hydrogen-bond acceptors (Lipinski definition) is 4. The molecule has 110 valence electrons. The number of nitrogens with zero attached hydrogens (tertiary/aromatic N) is 1. The van der Waals surface area contributed by atoms with E-state index in [0.717, 1.165) is 0 Å². The van der Waals surface area contributed by atoms with Crippen LogP contribution in [0.1, 0.15) is 20.3 Å². The van der Waals surface area contributed by atoms with Crippen LogP contribution in [0, 0.1) is 0 Å². The summed E-state index contributed by atoms with van der Waals surface area (Å²) in [7, 11) is 0. The van der Waals surface area contributed by atoms with E-state index < -0.39 is 5.54 Å². The summed E-state index contributed by atoms with van der Waals surface area (Å²) in [4.78, 5) is 11.8. The summed E-state index contributed by atoms with van der Waals surface area (Å²) in [6.45, 7) is 3.30. The largest absolute Gasteiger partial charge is 0.484 e. The minimum absolute atomic E-state index is 0.0592. The summed E-state index contributed by atoms with van der Waals surface area (Å²) in [5, 5.41) is 14.8. The third-order valence-electron chi connectivity index (χ3n) is 2.96. The van der Waals surface area contributed by atoms with Gasteiger partial charge in [0, 0.05) is 5.02 Å². The molecule has 1 rings (SSSR count). The number of ether oxygens (including phenoxy) is 1. The molecule has 0 bridgehead atoms. The third-order valence-corrected chi connectivity index (χ3v) is 3.20. The van der Waals surface area contributed by atoms with Crippen molar-refractivity contribution in [2.75, 3.05) is 6.61 Å². The molecular weight excluding hydrogens is 282 g/mol. The number of amides is 1. The Morgan fingerprint density at radius 3 is 2.85 bits per heavy atom. The number of rotatable bonds is 6. The summed E-state index contributed by atoms with van der Waals surface area (Å²) >= 11 is 5.81. The van der Waals surface area contributed by atoms with Gasteiger partial charge in [-0.1, -0.05) is 29.7 Å². The summed E-state index contributed by atoms with van der Waals surface area (Å²) in [6, 6.07) is 6.74. The lowest BCUT2D eigenvalue weighted by molar-refractivity contribution is -0.124. The van der Waals surface area contributed by atoms with E-state index in [9.17, 15) is 4.79 Å². The predicted octanol–water partition coefficient (Wildman–Crippen LogP) is 1.75. The number of hydrogen-bond donors (Lipinski definition) is 3. The molecule has 0 spiro atoms. The standard InChI is InChI=1S/C13H18ClN3O3/c1-3-13(2,12(15)17-19)16-11(18)8-20-10-6-4-5-9(14)7-10/h4-7,19H,3,8H2,1-2H3,(H2,15,17)(H,16,18). The maximum Gasteiger partial charge on any atom is 0.258 e. The molecule has 0 aliphatic rings. The quantitative estimate of drug-likeness (QED) is 0.323. The molecule has 6 nitrogen and oxygen atoms in total. The van der Waals surface area contributed by atoms with Crippen LogP contribution in [0.4, 0.5) is 0 Å². The number of benzene rings is 1. The molecule has 1 unspecified atom stereocenters. The molecule has 0 aliphatic carbocycles. The number of nitrogens with one attached hydrogen (secondary N) is 1. The Labute approximate surface area is 122 Å². The Bertz CT molecular complexity index is 507. The average molecular weight is 300 g/mol. The van der Waals surface area contributed by atoms with Gasteiger partial charge in [0.15, 0.2) is 12.4 Å². The van der Waals surface area contributed by atoms with Crippen molar-refractivity contribution in [3.8, 4) is 5.75 Å². The highest BCUT2D eigenvalue weighted by Gasteiger charge is 2.29. The Morgan fingerprint density at radius 1 is 1.60 bits per heavy atom. The fraction of sp³-hybridized carbons (Fsp3) is 0.385. The van der Waals surface area contributed by atoms with Crippen molar-refractivity contribution in [1.82, 2.24) is 5.32 Å². The fourth-order valence-corrected chi connectivity index (χ4v) is 1.67. The Kier molecular flexibility index (Phi) is 5.64. The molecular formula is C13H18ClN3O3. The molecule has 1 aromatic carbocycles. The number of amidine groups is 1. The van der Waals surface area contributed by atoms with Crippen molar-refractivity contribution < 1.29 is 14.7 Å². The second kappa shape index (κ2) is 7.00. The van der Waals surface area contributed by atoms with Crippen LogP contribution < -0.4 is 15.8 Å². The summed E-state index contributed by atoms with van der Waals surface area (Å²) < 4.78 is 5.31. The minimum atomic E-state index is -0.913. The van der Waals surface area contributed by atoms with Crippen molar-refractivity contribution >= 4 is 23.3 Å². The number of halogens is 1. The number of carbonyl (C=O) groups excluding carboxylic acids is 1. The maximum absolute atomic E-state index is 11.8. The molecule has 4 N–H and O–H groups in total. The summed E-state index contributed by atoms with van der Waals surface area (Å²) in [6.07, 6.45) is 0.478. The molecule has 1 aromatic rings. The van der Waals surface area contributed by atoms with Crippen LogP contribution in [0.25, 0.3) is 0 Å². The van der Waals surface area contributed by atoms with Crippen molar-refractivity contribution in [1.29, 1.82) is 0 Å². The first-order valence-corrected chi connectivity index (χ1v) is 6.46. The van der Waals surface area contributed by atoms with Crippen LogP contribution in [0.3, 0.4) is 0 Å². The van der Waals surface area contributed by atoms with Gasteiger partial charge in [-0.05, 0) is 31.5 Å². The van der Waals surface area contributed by atoms with Crippen LogP contribution in [0.15, 0.2) is 29.4 Å². The monoisotopic (exact) mass is 299 g/mol. The molecule has 0 radical (unpaired) electrons. The average Bonchev–Trinajstić information content (AvgIpc) is 2.44. The fourth-order valence-electron chi connectivity index (χ4n) is 1.49. The normalized spacial score (nSPS) is 14.4. The lowest BCUT2D eigenvalue weighted by Gasteiger charge is -2.27. The van der Waals surface area contributed by atoms with Crippen LogP contribution >= 0.6 is 11.6 Å². The van der Waals surface area contributed by atoms with Crippen LogP contribution in [-0.4, -0.2) is 29.1 Å². The molecule has 1 atom stereocenters. The highest BCUT2D eigenvalue weighted by Crippen LogP contribution is 2.17. The van der Waals surface area contributed by atoms with Gasteiger partial charge in [0.2, 0.25) is 0 Å². The molecule has 0 aliphatic heterocycles. The zero-order valence-corrected chi connectivity index (χ0v) is 12.1. The zero-order chi connectivity index (χ0) is 15.2. The van der Waals surface area contributed by atoms with Gasteiger partial charge in [0.05, 0.1) is 5.54 Å². The second-order valence-corrected chi connectivity index (χ2v) is 4.90. The predicted molar refractivity (Wildman–Crippen MR) is 77.2 cm³/mol. The lowest BCUT2D eigenvalue weighted by Crippen LogP contribution is -2.56. The number of carbonyl (C=O) groups is 1. The third kappa shape index (κ3) is 4.31. The first-order valence-electron chi connectivity index (χ1n) is 6.08. The smallest absolute Gasteiger partial charge is 0.258 e. The van der Waals surface area contributed by atoms with Gasteiger partial charge in [-0.3, -0.25) is 4.79 Å². The molecule has 0 saturated carbocycles. The van der Waals surface area contributed by atoms with Crippen molar-refractivity contribution in [2.24, 2.45) is 10.9 Å². The number of nitrogens with two attached hydrogens (primary N) is 1. The van der Waals surface area contributed by atoms with Crippen molar-refractivity contribution in [2.45, 2.75) is 25.8 Å². The van der Waals surface area contributed by atoms with E-state index in [-0.39, 0.29) is 18.3 Å². The van der Waals surface area contributed by atoms with Crippen molar-refractivity contribution in [3.05, 3.63) is 29.3 Å². The molecule has 7 heteroatoms. The summed E-state index contributed by atoms with van der Waals surface area (Å²) in [5.74, 6) is 0.0617. The van der Waals surface area contributed by atoms with Gasteiger partial charge in [-0.25, -0.2) is 0 Å².